The molecule has 7 nitrogen and oxygen atoms in total. The fraction of sp³-hybridized carbons (Fsp3) is 0.517. The van der Waals surface area contributed by atoms with Gasteiger partial charge in [-0.05, 0) is 61.9 Å². The first-order valence-corrected chi connectivity index (χ1v) is 12.9. The van der Waals surface area contributed by atoms with Gasteiger partial charge in [0.25, 0.3) is 0 Å². The van der Waals surface area contributed by atoms with E-state index in [4.69, 9.17) is 18.9 Å². The fourth-order valence-electron chi connectivity index (χ4n) is 5.06. The van der Waals surface area contributed by atoms with E-state index >= 15 is 0 Å². The lowest BCUT2D eigenvalue weighted by Crippen LogP contribution is -2.21. The normalized spacial score (nSPS) is 17.0. The van der Waals surface area contributed by atoms with Crippen molar-refractivity contribution in [3.63, 3.8) is 0 Å². The van der Waals surface area contributed by atoms with Crippen LogP contribution < -0.4 is 14.2 Å². The molecule has 0 unspecified atom stereocenters. The Hall–Kier alpha value is -3.06. The van der Waals surface area contributed by atoms with Crippen molar-refractivity contribution in [1.82, 2.24) is 0 Å². The van der Waals surface area contributed by atoms with Crippen LogP contribution >= 0.6 is 0 Å². The van der Waals surface area contributed by atoms with E-state index in [9.17, 15) is 14.7 Å². The summed E-state index contributed by atoms with van der Waals surface area (Å²) < 4.78 is 23.4. The van der Waals surface area contributed by atoms with Crippen LogP contribution in [0.5, 0.6) is 23.0 Å². The Labute approximate surface area is 212 Å². The van der Waals surface area contributed by atoms with Gasteiger partial charge in [-0.2, -0.15) is 0 Å². The minimum Gasteiger partial charge on any atom is -0.495 e. The number of aryl methyl sites for hydroxylation is 1. The molecular formula is C29H36O7. The zero-order valence-corrected chi connectivity index (χ0v) is 21.6. The second-order valence-electron chi connectivity index (χ2n) is 10.2. The molecule has 0 bridgehead atoms. The summed E-state index contributed by atoms with van der Waals surface area (Å²) >= 11 is 0. The molecule has 0 radical (unpaired) electrons. The van der Waals surface area contributed by atoms with Gasteiger partial charge in [0, 0.05) is 11.1 Å². The summed E-state index contributed by atoms with van der Waals surface area (Å²) in [6.45, 7) is 5.86. The molecule has 1 N–H and O–H groups in total. The topological polar surface area (TPSA) is 91.3 Å². The lowest BCUT2D eigenvalue weighted by molar-refractivity contribution is -0.139. The predicted octanol–water partition coefficient (Wildman–Crippen LogP) is 6.42. The minimum absolute atomic E-state index is 0.0504. The fourth-order valence-corrected chi connectivity index (χ4v) is 5.06. The van der Waals surface area contributed by atoms with E-state index in [1.165, 1.54) is 7.11 Å². The number of carbonyl (C=O) groups excluding carboxylic acids is 2. The molecule has 1 atom stereocenters. The Morgan fingerprint density at radius 1 is 1.14 bits per heavy atom. The van der Waals surface area contributed by atoms with Crippen LogP contribution in [0.15, 0.2) is 24.3 Å². The Bertz CT molecular complexity index is 1110. The van der Waals surface area contributed by atoms with Crippen LogP contribution in [-0.4, -0.2) is 24.2 Å². The monoisotopic (exact) mass is 496 g/mol. The van der Waals surface area contributed by atoms with Crippen molar-refractivity contribution in [2.75, 3.05) is 7.11 Å². The highest BCUT2D eigenvalue weighted by Gasteiger charge is 2.31. The number of ether oxygens (including phenoxy) is 4. The molecule has 7 heteroatoms. The quantitative estimate of drug-likeness (QED) is 0.280. The molecule has 0 spiro atoms. The number of hydrogen-bond donors (Lipinski definition) is 1. The molecule has 1 saturated carbocycles. The third-order valence-electron chi connectivity index (χ3n) is 6.86. The molecule has 1 aliphatic heterocycles. The average Bonchev–Trinajstić information content (AvgIpc) is 3.12. The van der Waals surface area contributed by atoms with Gasteiger partial charge < -0.3 is 24.1 Å². The van der Waals surface area contributed by atoms with Crippen LogP contribution in [0.3, 0.4) is 0 Å². The Morgan fingerprint density at radius 2 is 1.86 bits per heavy atom. The number of rotatable bonds is 6. The first kappa shape index (κ1) is 26.0. The van der Waals surface area contributed by atoms with Crippen molar-refractivity contribution in [3.05, 3.63) is 46.5 Å². The van der Waals surface area contributed by atoms with Crippen molar-refractivity contribution in [2.24, 2.45) is 11.8 Å². The van der Waals surface area contributed by atoms with Crippen molar-refractivity contribution in [2.45, 2.75) is 78.4 Å². The van der Waals surface area contributed by atoms with Crippen LogP contribution in [0.1, 0.15) is 91.9 Å². The van der Waals surface area contributed by atoms with E-state index in [1.807, 2.05) is 26.8 Å². The molecule has 2 aliphatic rings. The lowest BCUT2D eigenvalue weighted by Gasteiger charge is -2.24. The molecule has 1 heterocycles. The van der Waals surface area contributed by atoms with E-state index in [2.05, 4.69) is 0 Å². The molecule has 2 aromatic rings. The van der Waals surface area contributed by atoms with Crippen LogP contribution in [-0.2, 0) is 16.1 Å². The third-order valence-corrected chi connectivity index (χ3v) is 6.86. The average molecular weight is 497 g/mol. The number of methoxy groups -OCH3 is 1. The molecule has 1 fully saturated rings. The number of carbonyl (C=O) groups is 2. The van der Waals surface area contributed by atoms with Gasteiger partial charge in [-0.1, -0.05) is 39.5 Å². The van der Waals surface area contributed by atoms with Crippen LogP contribution in [0.2, 0.25) is 0 Å². The molecule has 194 valence electrons. The number of fused-ring (bicyclic) bond motifs is 2. The van der Waals surface area contributed by atoms with Crippen molar-refractivity contribution in [3.8, 4) is 23.0 Å². The zero-order valence-electron chi connectivity index (χ0n) is 21.6. The molecule has 0 aromatic heterocycles. The van der Waals surface area contributed by atoms with Crippen molar-refractivity contribution < 1.29 is 33.6 Å². The highest BCUT2D eigenvalue weighted by molar-refractivity contribution is 5.96. The van der Waals surface area contributed by atoms with E-state index in [0.717, 1.165) is 44.1 Å². The van der Waals surface area contributed by atoms with Gasteiger partial charge in [0.15, 0.2) is 11.5 Å². The Kier molecular flexibility index (Phi) is 8.19. The SMILES string of the molecule is COc1c([C@@H](O)CC(C)C)ccc2c1C(=O)OCc1cc(C)cc(OC(=O)C3CCCCCC3)c1O2. The van der Waals surface area contributed by atoms with Crippen LogP contribution in [0.4, 0.5) is 0 Å². The van der Waals surface area contributed by atoms with Gasteiger partial charge >= 0.3 is 11.9 Å². The standard InChI is InChI=1S/C29H36O7/c1-17(2)13-22(30)21-11-12-23-25(27(21)33-4)29(32)34-16-20-14-18(3)15-24(26(20)35-23)36-28(31)19-9-7-5-6-8-10-19/h11-12,14-15,17,19,22,30H,5-10,13,16H2,1-4H3/t22-/m0/s1. The highest BCUT2D eigenvalue weighted by atomic mass is 16.6. The Balaban J connectivity index is 1.72. The Morgan fingerprint density at radius 3 is 2.53 bits per heavy atom. The van der Waals surface area contributed by atoms with E-state index < -0.39 is 12.1 Å². The summed E-state index contributed by atoms with van der Waals surface area (Å²) in [5, 5.41) is 10.8. The van der Waals surface area contributed by atoms with Gasteiger partial charge in [-0.25, -0.2) is 4.79 Å². The summed E-state index contributed by atoms with van der Waals surface area (Å²) in [4.78, 5) is 26.1. The highest BCUT2D eigenvalue weighted by Crippen LogP contribution is 2.45. The number of aliphatic hydroxyl groups is 1. The summed E-state index contributed by atoms with van der Waals surface area (Å²) in [6, 6.07) is 6.96. The number of aliphatic hydroxyl groups excluding tert-OH is 1. The second kappa shape index (κ2) is 11.3. The van der Waals surface area contributed by atoms with Gasteiger partial charge in [0.2, 0.25) is 0 Å². The third kappa shape index (κ3) is 5.67. The van der Waals surface area contributed by atoms with Gasteiger partial charge in [0.1, 0.15) is 23.7 Å². The molecule has 1 aliphatic carbocycles. The van der Waals surface area contributed by atoms with E-state index in [1.54, 1.807) is 18.2 Å². The summed E-state index contributed by atoms with van der Waals surface area (Å²) in [5.41, 5.74) is 2.07. The molecule has 36 heavy (non-hydrogen) atoms. The van der Waals surface area contributed by atoms with Crippen molar-refractivity contribution in [1.29, 1.82) is 0 Å². The zero-order chi connectivity index (χ0) is 25.8. The maximum Gasteiger partial charge on any atom is 0.346 e. The molecule has 0 amide bonds. The number of esters is 2. The molecule has 4 rings (SSSR count). The van der Waals surface area contributed by atoms with Gasteiger partial charge in [0.05, 0.1) is 19.1 Å². The number of cyclic esters (lactones) is 1. The van der Waals surface area contributed by atoms with E-state index in [0.29, 0.717) is 29.0 Å². The number of hydrogen-bond acceptors (Lipinski definition) is 7. The summed E-state index contributed by atoms with van der Waals surface area (Å²) in [5.74, 6) is 0.345. The smallest absolute Gasteiger partial charge is 0.346 e. The minimum atomic E-state index is -0.811. The molecule has 2 aromatic carbocycles. The van der Waals surface area contributed by atoms with Crippen molar-refractivity contribution >= 4 is 11.9 Å². The molecular weight excluding hydrogens is 460 g/mol. The predicted molar refractivity (Wildman–Crippen MR) is 135 cm³/mol. The van der Waals surface area contributed by atoms with Gasteiger partial charge in [-0.3, -0.25) is 4.79 Å². The number of benzene rings is 2. The largest absolute Gasteiger partial charge is 0.495 e. The van der Waals surface area contributed by atoms with Crippen LogP contribution in [0.25, 0.3) is 0 Å². The van der Waals surface area contributed by atoms with Crippen LogP contribution in [0, 0.1) is 18.8 Å². The summed E-state index contributed by atoms with van der Waals surface area (Å²) in [6.07, 6.45) is 5.69. The first-order valence-electron chi connectivity index (χ1n) is 12.9. The first-order chi connectivity index (χ1) is 17.3. The lowest BCUT2D eigenvalue weighted by atomic mass is 9.96. The maximum atomic E-state index is 13.1. The second-order valence-corrected chi connectivity index (χ2v) is 10.2. The van der Waals surface area contributed by atoms with Gasteiger partial charge in [-0.15, -0.1) is 0 Å². The maximum absolute atomic E-state index is 13.1. The summed E-state index contributed by atoms with van der Waals surface area (Å²) in [7, 11) is 1.45. The molecule has 0 saturated heterocycles. The van der Waals surface area contributed by atoms with E-state index in [-0.39, 0.29) is 41.5 Å².